The van der Waals surface area contributed by atoms with E-state index in [1.807, 2.05) is 0 Å². The Labute approximate surface area is 184 Å². The first-order valence-corrected chi connectivity index (χ1v) is 10.0. The Hall–Kier alpha value is -1.97. The number of rotatable bonds is 4. The molecule has 1 aromatic carbocycles. The van der Waals surface area contributed by atoms with Crippen molar-refractivity contribution >= 4 is 29.1 Å². The molecule has 0 saturated heterocycles. The number of carbonyl (C=O) groups excluding carboxylic acids is 1. The van der Waals surface area contributed by atoms with E-state index in [-0.39, 0.29) is 41.3 Å². The highest BCUT2D eigenvalue weighted by Crippen LogP contribution is 2.42. The largest absolute Gasteiger partial charge is 0.433 e. The summed E-state index contributed by atoms with van der Waals surface area (Å²) >= 11 is 11.9. The molecule has 3 rings (SSSR count). The minimum absolute atomic E-state index is 0.00988. The fourth-order valence-corrected chi connectivity index (χ4v) is 4.02. The van der Waals surface area contributed by atoms with Gasteiger partial charge in [-0.2, -0.15) is 13.2 Å². The van der Waals surface area contributed by atoms with Crippen molar-refractivity contribution in [1.82, 2.24) is 10.3 Å². The first-order chi connectivity index (χ1) is 14.4. The van der Waals surface area contributed by atoms with Crippen molar-refractivity contribution in [3.05, 3.63) is 63.1 Å². The van der Waals surface area contributed by atoms with Gasteiger partial charge in [0.1, 0.15) is 17.7 Å². The number of nitrogens with one attached hydrogen (secondary N) is 1. The molecule has 1 saturated carbocycles. The Morgan fingerprint density at radius 3 is 2.52 bits per heavy atom. The monoisotopic (exact) mass is 482 g/mol. The number of amides is 1. The maximum Gasteiger partial charge on any atom is 0.433 e. The van der Waals surface area contributed by atoms with Crippen molar-refractivity contribution in [2.75, 3.05) is 0 Å². The van der Waals surface area contributed by atoms with Crippen LogP contribution in [0.15, 0.2) is 30.5 Å². The van der Waals surface area contributed by atoms with Crippen molar-refractivity contribution in [2.45, 2.75) is 49.7 Å². The molecule has 168 valence electrons. The summed E-state index contributed by atoms with van der Waals surface area (Å²) in [7, 11) is 0. The zero-order valence-corrected chi connectivity index (χ0v) is 17.3. The van der Waals surface area contributed by atoms with Gasteiger partial charge in [0, 0.05) is 6.20 Å². The highest BCUT2D eigenvalue weighted by molar-refractivity contribution is 6.33. The average Bonchev–Trinajstić information content (AvgIpc) is 2.70. The Kier molecular flexibility index (Phi) is 6.78. The van der Waals surface area contributed by atoms with Crippen LogP contribution in [0.25, 0.3) is 0 Å². The number of nitrogens with zero attached hydrogens (tertiary/aromatic N) is 1. The molecule has 1 aliphatic carbocycles. The smallest absolute Gasteiger partial charge is 0.387 e. The average molecular weight is 483 g/mol. The van der Waals surface area contributed by atoms with Crippen LogP contribution in [0.1, 0.15) is 53.3 Å². The Balaban J connectivity index is 2.01. The molecule has 0 spiro atoms. The molecular weight excluding hydrogens is 466 g/mol. The zero-order valence-electron chi connectivity index (χ0n) is 15.8. The normalized spacial score (nSPS) is 22.8. The molecule has 1 fully saturated rings. The van der Waals surface area contributed by atoms with Crippen molar-refractivity contribution < 1.29 is 31.9 Å². The van der Waals surface area contributed by atoms with E-state index in [1.54, 1.807) is 0 Å². The number of benzene rings is 1. The molecule has 0 aliphatic heterocycles. The van der Waals surface area contributed by atoms with Crippen LogP contribution in [0, 0.1) is 5.82 Å². The molecule has 1 aromatic heterocycles. The topological polar surface area (TPSA) is 62.2 Å². The van der Waals surface area contributed by atoms with Gasteiger partial charge in [-0.15, -0.1) is 0 Å². The third-order valence-corrected chi connectivity index (χ3v) is 5.98. The SMILES string of the molecule is O=C(NC(c1cccc(F)c1Cl)C1(O)CCC(F)CC1)c1cc(C(F)(F)F)ncc1Cl. The lowest BCUT2D eigenvalue weighted by Crippen LogP contribution is -2.48. The third-order valence-electron chi connectivity index (χ3n) is 5.28. The summed E-state index contributed by atoms with van der Waals surface area (Å²) in [4.78, 5) is 16.0. The van der Waals surface area contributed by atoms with Crippen LogP contribution in [-0.2, 0) is 6.18 Å². The van der Waals surface area contributed by atoms with E-state index in [2.05, 4.69) is 10.3 Å². The maximum absolute atomic E-state index is 14.1. The van der Waals surface area contributed by atoms with E-state index in [1.165, 1.54) is 12.1 Å². The molecule has 31 heavy (non-hydrogen) atoms. The number of aliphatic hydroxyl groups is 1. The molecule has 1 unspecified atom stereocenters. The molecule has 2 aromatic rings. The summed E-state index contributed by atoms with van der Waals surface area (Å²) in [5.74, 6) is -1.87. The fraction of sp³-hybridized carbons (Fsp3) is 0.400. The second-order valence-electron chi connectivity index (χ2n) is 7.37. The molecular formula is C20H17Cl2F5N2O2. The zero-order chi connectivity index (χ0) is 23.0. The number of hydrogen-bond acceptors (Lipinski definition) is 3. The highest BCUT2D eigenvalue weighted by atomic mass is 35.5. The Morgan fingerprint density at radius 2 is 1.90 bits per heavy atom. The fourth-order valence-electron chi connectivity index (χ4n) is 3.59. The van der Waals surface area contributed by atoms with E-state index in [0.717, 1.165) is 6.07 Å². The van der Waals surface area contributed by atoms with E-state index < -0.39 is 47.0 Å². The number of hydrogen-bond donors (Lipinski definition) is 2. The summed E-state index contributed by atoms with van der Waals surface area (Å²) in [6, 6.07) is 2.90. The van der Waals surface area contributed by atoms with Gasteiger partial charge in [-0.25, -0.2) is 8.78 Å². The van der Waals surface area contributed by atoms with Gasteiger partial charge >= 0.3 is 6.18 Å². The lowest BCUT2D eigenvalue weighted by atomic mass is 9.76. The number of aromatic nitrogens is 1. The van der Waals surface area contributed by atoms with E-state index in [9.17, 15) is 31.9 Å². The second kappa shape index (κ2) is 8.88. The Morgan fingerprint density at radius 1 is 1.26 bits per heavy atom. The van der Waals surface area contributed by atoms with Gasteiger partial charge in [0.25, 0.3) is 5.91 Å². The minimum Gasteiger partial charge on any atom is -0.387 e. The summed E-state index contributed by atoms with van der Waals surface area (Å²) in [6.45, 7) is 0. The van der Waals surface area contributed by atoms with Crippen LogP contribution in [0.4, 0.5) is 22.0 Å². The first-order valence-electron chi connectivity index (χ1n) is 9.26. The molecule has 0 radical (unpaired) electrons. The third kappa shape index (κ3) is 5.10. The van der Waals surface area contributed by atoms with E-state index >= 15 is 0 Å². The van der Waals surface area contributed by atoms with E-state index in [4.69, 9.17) is 23.2 Å². The van der Waals surface area contributed by atoms with Crippen molar-refractivity contribution in [3.63, 3.8) is 0 Å². The predicted molar refractivity (Wildman–Crippen MR) is 104 cm³/mol. The van der Waals surface area contributed by atoms with Crippen molar-refractivity contribution in [1.29, 1.82) is 0 Å². The van der Waals surface area contributed by atoms with Crippen LogP contribution in [0.2, 0.25) is 10.0 Å². The second-order valence-corrected chi connectivity index (χ2v) is 8.16. The van der Waals surface area contributed by atoms with Gasteiger partial charge in [0.15, 0.2) is 0 Å². The molecule has 0 bridgehead atoms. The quantitative estimate of drug-likeness (QED) is 0.552. The summed E-state index contributed by atoms with van der Waals surface area (Å²) < 4.78 is 66.7. The molecule has 11 heteroatoms. The van der Waals surface area contributed by atoms with Gasteiger partial charge < -0.3 is 10.4 Å². The number of alkyl halides is 4. The Bertz CT molecular complexity index is 979. The van der Waals surface area contributed by atoms with Crippen molar-refractivity contribution in [2.24, 2.45) is 0 Å². The van der Waals surface area contributed by atoms with Crippen molar-refractivity contribution in [3.8, 4) is 0 Å². The van der Waals surface area contributed by atoms with Crippen LogP contribution >= 0.6 is 23.2 Å². The molecule has 1 amide bonds. The standard InChI is InChI=1S/C20H17Cl2F5N2O2/c21-13-9-28-15(20(25,26)27)8-12(13)18(30)29-17(11-2-1-3-14(24)16(11)22)19(31)6-4-10(23)5-7-19/h1-3,8-10,17,31H,4-7H2,(H,29,30). The molecule has 4 nitrogen and oxygen atoms in total. The van der Waals surface area contributed by atoms with Gasteiger partial charge in [-0.05, 0) is 43.4 Å². The summed E-state index contributed by atoms with van der Waals surface area (Å²) in [5, 5.41) is 12.9. The van der Waals surface area contributed by atoms with E-state index in [0.29, 0.717) is 12.3 Å². The molecule has 1 atom stereocenters. The lowest BCUT2D eigenvalue weighted by Gasteiger charge is -2.41. The van der Waals surface area contributed by atoms with Crippen LogP contribution in [-0.4, -0.2) is 27.8 Å². The predicted octanol–water partition coefficient (Wildman–Crippen LogP) is 5.66. The van der Waals surface area contributed by atoms with Crippen LogP contribution in [0.3, 0.4) is 0 Å². The molecule has 1 heterocycles. The van der Waals surface area contributed by atoms with Gasteiger partial charge in [0.05, 0.1) is 27.3 Å². The molecule has 1 aliphatic rings. The number of halogens is 7. The van der Waals surface area contributed by atoms with Gasteiger partial charge in [-0.3, -0.25) is 9.78 Å². The number of pyridine rings is 1. The first kappa shape index (κ1) is 23.7. The highest BCUT2D eigenvalue weighted by Gasteiger charge is 2.43. The maximum atomic E-state index is 14.1. The minimum atomic E-state index is -4.82. The van der Waals surface area contributed by atoms with Crippen LogP contribution in [0.5, 0.6) is 0 Å². The lowest BCUT2D eigenvalue weighted by molar-refractivity contribution is -0.141. The van der Waals surface area contributed by atoms with Crippen LogP contribution < -0.4 is 5.32 Å². The van der Waals surface area contributed by atoms with Gasteiger partial charge in [-0.1, -0.05) is 35.3 Å². The summed E-state index contributed by atoms with van der Waals surface area (Å²) in [6.07, 6.45) is -5.46. The molecule has 2 N–H and O–H groups in total. The number of carbonyl (C=O) groups is 1. The van der Waals surface area contributed by atoms with Gasteiger partial charge in [0.2, 0.25) is 0 Å². The summed E-state index contributed by atoms with van der Waals surface area (Å²) in [5.41, 5.74) is -3.57.